The van der Waals surface area contributed by atoms with E-state index in [-0.39, 0.29) is 11.4 Å². The average Bonchev–Trinajstić information content (AvgIpc) is 2.85. The number of benzene rings is 1. The van der Waals surface area contributed by atoms with E-state index in [1.165, 1.54) is 31.7 Å². The van der Waals surface area contributed by atoms with Crippen LogP contribution in [-0.2, 0) is 6.54 Å². The van der Waals surface area contributed by atoms with Crippen LogP contribution < -0.4 is 5.32 Å². The highest BCUT2D eigenvalue weighted by Crippen LogP contribution is 2.37. The van der Waals surface area contributed by atoms with Crippen LogP contribution in [0.1, 0.15) is 31.2 Å². The molecule has 0 amide bonds. The van der Waals surface area contributed by atoms with Gasteiger partial charge in [0.15, 0.2) is 0 Å². The highest BCUT2D eigenvalue weighted by molar-refractivity contribution is 6.31. The molecule has 1 heterocycles. The van der Waals surface area contributed by atoms with Gasteiger partial charge in [-0.15, -0.1) is 0 Å². The summed E-state index contributed by atoms with van der Waals surface area (Å²) in [5.41, 5.74) is 0.876. The van der Waals surface area contributed by atoms with Crippen molar-refractivity contribution in [1.82, 2.24) is 10.2 Å². The maximum atomic E-state index is 14.0. The normalized spacial score (nSPS) is 23.1. The van der Waals surface area contributed by atoms with E-state index in [9.17, 15) is 4.39 Å². The summed E-state index contributed by atoms with van der Waals surface area (Å²) in [6, 6.07) is 4.96. The number of hydrogen-bond donors (Lipinski definition) is 1. The Morgan fingerprint density at radius 3 is 2.84 bits per heavy atom. The molecule has 2 fully saturated rings. The first-order chi connectivity index (χ1) is 9.21. The van der Waals surface area contributed by atoms with Crippen LogP contribution in [0.25, 0.3) is 0 Å². The van der Waals surface area contributed by atoms with E-state index < -0.39 is 0 Å². The summed E-state index contributed by atoms with van der Waals surface area (Å²) in [6.07, 6.45) is 4.99. The second-order valence-electron chi connectivity index (χ2n) is 5.73. The lowest BCUT2D eigenvalue weighted by molar-refractivity contribution is 0.0563. The van der Waals surface area contributed by atoms with Gasteiger partial charge in [0.2, 0.25) is 0 Å². The van der Waals surface area contributed by atoms with Crippen LogP contribution in [0.2, 0.25) is 5.02 Å². The van der Waals surface area contributed by atoms with Gasteiger partial charge in [-0.2, -0.15) is 0 Å². The van der Waals surface area contributed by atoms with Crippen LogP contribution in [0.5, 0.6) is 0 Å². The molecule has 4 heteroatoms. The molecule has 0 aromatic heterocycles. The number of rotatable bonds is 2. The zero-order valence-electron chi connectivity index (χ0n) is 11.1. The zero-order valence-corrected chi connectivity index (χ0v) is 11.8. The maximum absolute atomic E-state index is 14.0. The van der Waals surface area contributed by atoms with Crippen LogP contribution in [0.15, 0.2) is 18.2 Å². The monoisotopic (exact) mass is 282 g/mol. The second kappa shape index (κ2) is 5.39. The largest absolute Gasteiger partial charge is 0.314 e. The van der Waals surface area contributed by atoms with Crippen LogP contribution >= 0.6 is 11.6 Å². The minimum atomic E-state index is -0.181. The Labute approximate surface area is 118 Å². The molecule has 1 saturated carbocycles. The molecule has 1 spiro atoms. The number of nitrogens with zero attached hydrogens (tertiary/aromatic N) is 1. The molecule has 19 heavy (non-hydrogen) atoms. The first-order valence-corrected chi connectivity index (χ1v) is 7.48. The Morgan fingerprint density at radius 1 is 1.32 bits per heavy atom. The Morgan fingerprint density at radius 2 is 2.11 bits per heavy atom. The molecule has 2 aliphatic rings. The minimum absolute atomic E-state index is 0.181. The van der Waals surface area contributed by atoms with E-state index in [2.05, 4.69) is 10.2 Å². The molecule has 2 nitrogen and oxygen atoms in total. The third-order valence-corrected chi connectivity index (χ3v) is 4.98. The molecule has 0 unspecified atom stereocenters. The third-order valence-electron chi connectivity index (χ3n) is 4.63. The molecular formula is C15H20ClFN2. The Hall–Kier alpha value is -0.640. The number of piperazine rings is 1. The quantitative estimate of drug-likeness (QED) is 0.896. The first kappa shape index (κ1) is 13.3. The molecule has 1 N–H and O–H groups in total. The van der Waals surface area contributed by atoms with Gasteiger partial charge in [0.1, 0.15) is 5.82 Å². The molecule has 3 rings (SSSR count). The molecule has 1 aliphatic carbocycles. The zero-order chi connectivity index (χ0) is 13.3. The van der Waals surface area contributed by atoms with Crippen molar-refractivity contribution in [3.63, 3.8) is 0 Å². The summed E-state index contributed by atoms with van der Waals surface area (Å²) < 4.78 is 14.0. The smallest absolute Gasteiger partial charge is 0.129 e. The fourth-order valence-electron chi connectivity index (χ4n) is 3.53. The Balaban J connectivity index is 1.84. The van der Waals surface area contributed by atoms with Crippen LogP contribution in [0.3, 0.4) is 0 Å². The summed E-state index contributed by atoms with van der Waals surface area (Å²) in [5.74, 6) is -0.181. The van der Waals surface area contributed by atoms with Gasteiger partial charge in [0.25, 0.3) is 0 Å². The first-order valence-electron chi connectivity index (χ1n) is 7.10. The Kier molecular flexibility index (Phi) is 3.79. The summed E-state index contributed by atoms with van der Waals surface area (Å²) in [6.45, 7) is 3.62. The van der Waals surface area contributed by atoms with Gasteiger partial charge in [-0.3, -0.25) is 4.90 Å². The SMILES string of the molecule is Fc1cccc(Cl)c1CN1CCNCC12CCCC2. The van der Waals surface area contributed by atoms with Crippen LogP contribution in [-0.4, -0.2) is 30.1 Å². The summed E-state index contributed by atoms with van der Waals surface area (Å²) in [7, 11) is 0. The molecular weight excluding hydrogens is 263 g/mol. The van der Waals surface area contributed by atoms with E-state index >= 15 is 0 Å². The molecule has 1 aromatic carbocycles. The molecule has 0 bridgehead atoms. The lowest BCUT2D eigenvalue weighted by Gasteiger charge is -2.45. The number of hydrogen-bond acceptors (Lipinski definition) is 2. The number of halogens is 2. The summed E-state index contributed by atoms with van der Waals surface area (Å²) in [5, 5.41) is 4.04. The van der Waals surface area contributed by atoms with Crippen molar-refractivity contribution in [2.45, 2.75) is 37.8 Å². The summed E-state index contributed by atoms with van der Waals surface area (Å²) in [4.78, 5) is 2.45. The van der Waals surface area contributed by atoms with Gasteiger partial charge in [-0.05, 0) is 25.0 Å². The van der Waals surface area contributed by atoms with Gasteiger partial charge < -0.3 is 5.32 Å². The van der Waals surface area contributed by atoms with Crippen LogP contribution in [0, 0.1) is 5.82 Å². The fourth-order valence-corrected chi connectivity index (χ4v) is 3.75. The van der Waals surface area contributed by atoms with Gasteiger partial charge in [-0.25, -0.2) is 4.39 Å². The molecule has 1 aliphatic heterocycles. The van der Waals surface area contributed by atoms with Gasteiger partial charge in [-0.1, -0.05) is 30.5 Å². The van der Waals surface area contributed by atoms with Gasteiger partial charge in [0.05, 0.1) is 0 Å². The van der Waals surface area contributed by atoms with Crippen molar-refractivity contribution in [1.29, 1.82) is 0 Å². The maximum Gasteiger partial charge on any atom is 0.129 e. The summed E-state index contributed by atoms with van der Waals surface area (Å²) >= 11 is 6.16. The predicted molar refractivity (Wildman–Crippen MR) is 75.9 cm³/mol. The van der Waals surface area contributed by atoms with Crippen molar-refractivity contribution >= 4 is 11.6 Å². The van der Waals surface area contributed by atoms with Crippen molar-refractivity contribution in [3.05, 3.63) is 34.6 Å². The highest BCUT2D eigenvalue weighted by Gasteiger charge is 2.41. The van der Waals surface area contributed by atoms with E-state index in [1.54, 1.807) is 12.1 Å². The Bertz CT molecular complexity index is 437. The average molecular weight is 283 g/mol. The molecule has 104 valence electrons. The lowest BCUT2D eigenvalue weighted by atomic mass is 9.92. The minimum Gasteiger partial charge on any atom is -0.314 e. The number of nitrogens with one attached hydrogen (secondary N) is 1. The molecule has 0 atom stereocenters. The fraction of sp³-hybridized carbons (Fsp3) is 0.600. The molecule has 1 aromatic rings. The van der Waals surface area contributed by atoms with Crippen molar-refractivity contribution in [2.24, 2.45) is 0 Å². The predicted octanol–water partition coefficient (Wildman–Crippen LogP) is 3.20. The van der Waals surface area contributed by atoms with E-state index in [0.29, 0.717) is 17.1 Å². The van der Waals surface area contributed by atoms with Gasteiger partial charge in [0, 0.05) is 42.3 Å². The molecule has 1 saturated heterocycles. The van der Waals surface area contributed by atoms with Crippen LogP contribution in [0.4, 0.5) is 4.39 Å². The third kappa shape index (κ3) is 2.51. The van der Waals surface area contributed by atoms with Gasteiger partial charge >= 0.3 is 0 Å². The molecule has 0 radical (unpaired) electrons. The highest BCUT2D eigenvalue weighted by atomic mass is 35.5. The standard InChI is InChI=1S/C15H20ClFN2/c16-13-4-3-5-14(17)12(13)10-19-9-8-18-11-15(19)6-1-2-7-15/h3-5,18H,1-2,6-11H2. The second-order valence-corrected chi connectivity index (χ2v) is 6.14. The van der Waals surface area contributed by atoms with Crippen molar-refractivity contribution in [2.75, 3.05) is 19.6 Å². The lowest BCUT2D eigenvalue weighted by Crippen LogP contribution is -2.59. The van der Waals surface area contributed by atoms with E-state index in [0.717, 1.165) is 19.6 Å². The topological polar surface area (TPSA) is 15.3 Å². The van der Waals surface area contributed by atoms with Crippen molar-refractivity contribution < 1.29 is 4.39 Å². The van der Waals surface area contributed by atoms with E-state index in [4.69, 9.17) is 11.6 Å². The van der Waals surface area contributed by atoms with Crippen molar-refractivity contribution in [3.8, 4) is 0 Å². The van der Waals surface area contributed by atoms with E-state index in [1.807, 2.05) is 0 Å².